The molecule has 1 saturated heterocycles. The van der Waals surface area contributed by atoms with Gasteiger partial charge in [0, 0.05) is 42.2 Å². The van der Waals surface area contributed by atoms with Crippen LogP contribution in [0.4, 0.5) is 5.69 Å². The van der Waals surface area contributed by atoms with Crippen LogP contribution in [0.3, 0.4) is 0 Å². The van der Waals surface area contributed by atoms with E-state index >= 15 is 0 Å². The van der Waals surface area contributed by atoms with E-state index in [1.54, 1.807) is 29.2 Å². The zero-order valence-electron chi connectivity index (χ0n) is 16.2. The molecule has 5 nitrogen and oxygen atoms in total. The van der Waals surface area contributed by atoms with Crippen LogP contribution in [0.5, 0.6) is 5.75 Å². The predicted molar refractivity (Wildman–Crippen MR) is 119 cm³/mol. The second-order valence-electron chi connectivity index (χ2n) is 6.91. The zero-order chi connectivity index (χ0) is 20.2. The number of thioether (sulfide) groups is 1. The third-order valence-electron chi connectivity index (χ3n) is 4.95. The minimum atomic E-state index is 0.0690. The summed E-state index contributed by atoms with van der Waals surface area (Å²) >= 11 is 3.31. The fraction of sp³-hybridized carbons (Fsp3) is 0.273. The van der Waals surface area contributed by atoms with Crippen LogP contribution in [-0.4, -0.2) is 47.1 Å². The van der Waals surface area contributed by atoms with Crippen LogP contribution >= 0.6 is 23.1 Å². The van der Waals surface area contributed by atoms with E-state index in [-0.39, 0.29) is 11.7 Å². The van der Waals surface area contributed by atoms with Gasteiger partial charge in [-0.25, -0.2) is 4.98 Å². The normalized spacial score (nSPS) is 14.2. The van der Waals surface area contributed by atoms with Gasteiger partial charge in [-0.2, -0.15) is 0 Å². The van der Waals surface area contributed by atoms with Crippen molar-refractivity contribution in [1.29, 1.82) is 0 Å². The third kappa shape index (κ3) is 4.57. The van der Waals surface area contributed by atoms with Crippen molar-refractivity contribution in [3.8, 4) is 5.75 Å². The summed E-state index contributed by atoms with van der Waals surface area (Å²) in [6.45, 7) is 4.69. The summed E-state index contributed by atoms with van der Waals surface area (Å²) in [7, 11) is 0. The molecule has 1 aromatic heterocycles. The Kier molecular flexibility index (Phi) is 6.06. The van der Waals surface area contributed by atoms with Crippen molar-refractivity contribution in [3.05, 3.63) is 70.2 Å². The lowest BCUT2D eigenvalue weighted by Crippen LogP contribution is -2.48. The fourth-order valence-corrected chi connectivity index (χ4v) is 5.10. The molecule has 0 bridgehead atoms. The molecule has 1 fully saturated rings. The smallest absolute Gasteiger partial charge is 0.255 e. The molecule has 1 amide bonds. The van der Waals surface area contributed by atoms with Crippen LogP contribution < -0.4 is 4.90 Å². The Labute approximate surface area is 179 Å². The Bertz CT molecular complexity index is 997. The van der Waals surface area contributed by atoms with Crippen molar-refractivity contribution < 1.29 is 9.90 Å². The largest absolute Gasteiger partial charge is 0.506 e. The molecule has 0 saturated carbocycles. The number of carbonyl (C=O) groups excluding carboxylic acids is 1. The van der Waals surface area contributed by atoms with Crippen molar-refractivity contribution in [1.82, 2.24) is 9.88 Å². The molecule has 0 unspecified atom stereocenters. The number of benzene rings is 2. The maximum Gasteiger partial charge on any atom is 0.255 e. The number of phenols is 1. The highest BCUT2D eigenvalue weighted by molar-refractivity contribution is 7.98. The molecule has 2 aromatic carbocycles. The number of phenolic OH excluding ortho intramolecular Hbond substituents is 1. The Hall–Kier alpha value is -2.51. The van der Waals surface area contributed by atoms with Crippen LogP contribution in [0.2, 0.25) is 0 Å². The van der Waals surface area contributed by atoms with Crippen LogP contribution in [0, 0.1) is 6.92 Å². The Balaban J connectivity index is 1.42. The molecule has 1 aliphatic heterocycles. The van der Waals surface area contributed by atoms with E-state index in [1.807, 2.05) is 54.3 Å². The first-order valence-electron chi connectivity index (χ1n) is 9.57. The summed E-state index contributed by atoms with van der Waals surface area (Å²) in [6.07, 6.45) is 0. The Morgan fingerprint density at radius 1 is 1.10 bits per heavy atom. The molecule has 0 atom stereocenters. The number of aromatic hydroxyl groups is 1. The molecule has 2 heterocycles. The number of amides is 1. The topological polar surface area (TPSA) is 56.7 Å². The number of anilines is 1. The molecular weight excluding hydrogens is 402 g/mol. The number of carbonyl (C=O) groups is 1. The Morgan fingerprint density at radius 2 is 1.83 bits per heavy atom. The summed E-state index contributed by atoms with van der Waals surface area (Å²) in [4.78, 5) is 22.7. The van der Waals surface area contributed by atoms with Gasteiger partial charge in [0.2, 0.25) is 0 Å². The van der Waals surface area contributed by atoms with Crippen LogP contribution in [0.25, 0.3) is 0 Å². The molecule has 0 aliphatic carbocycles. The number of hydrogen-bond donors (Lipinski definition) is 1. The standard InChI is InChI=1S/C22H23N3O2S2/c1-16-23-17(14-28-16)15-29-21-9-5-2-6-18(21)22(27)25-12-10-24(11-13-25)19-7-3-4-8-20(19)26/h2-9,14,26H,10-13,15H2,1H3. The lowest BCUT2D eigenvalue weighted by Gasteiger charge is -2.36. The number of nitrogens with zero attached hydrogens (tertiary/aromatic N) is 3. The maximum atomic E-state index is 13.2. The van der Waals surface area contributed by atoms with Gasteiger partial charge < -0.3 is 14.9 Å². The van der Waals surface area contributed by atoms with Gasteiger partial charge >= 0.3 is 0 Å². The quantitative estimate of drug-likeness (QED) is 0.614. The number of thiazole rings is 1. The van der Waals surface area contributed by atoms with Gasteiger partial charge in [-0.3, -0.25) is 4.79 Å². The van der Waals surface area contributed by atoms with Crippen molar-refractivity contribution in [3.63, 3.8) is 0 Å². The maximum absolute atomic E-state index is 13.2. The van der Waals surface area contributed by atoms with E-state index < -0.39 is 0 Å². The van der Waals surface area contributed by atoms with E-state index in [4.69, 9.17) is 0 Å². The average Bonchev–Trinajstić information content (AvgIpc) is 3.18. The minimum Gasteiger partial charge on any atom is -0.506 e. The zero-order valence-corrected chi connectivity index (χ0v) is 17.9. The highest BCUT2D eigenvalue weighted by Crippen LogP contribution is 2.30. The van der Waals surface area contributed by atoms with Gasteiger partial charge in [0.15, 0.2) is 0 Å². The monoisotopic (exact) mass is 425 g/mol. The van der Waals surface area contributed by atoms with Gasteiger partial charge in [0.05, 0.1) is 22.0 Å². The van der Waals surface area contributed by atoms with E-state index in [2.05, 4.69) is 15.3 Å². The number of aromatic nitrogens is 1. The second kappa shape index (κ2) is 8.88. The molecule has 0 radical (unpaired) electrons. The number of rotatable bonds is 5. The van der Waals surface area contributed by atoms with E-state index in [0.717, 1.165) is 32.6 Å². The highest BCUT2D eigenvalue weighted by atomic mass is 32.2. The third-order valence-corrected chi connectivity index (χ3v) is 6.88. The first-order valence-corrected chi connectivity index (χ1v) is 11.4. The summed E-state index contributed by atoms with van der Waals surface area (Å²) in [6, 6.07) is 15.2. The molecule has 29 heavy (non-hydrogen) atoms. The molecule has 7 heteroatoms. The highest BCUT2D eigenvalue weighted by Gasteiger charge is 2.25. The SMILES string of the molecule is Cc1nc(CSc2ccccc2C(=O)N2CCN(c3ccccc3O)CC2)cs1. The van der Waals surface area contributed by atoms with Crippen molar-refractivity contribution >= 4 is 34.7 Å². The van der Waals surface area contributed by atoms with Gasteiger partial charge in [-0.1, -0.05) is 24.3 Å². The van der Waals surface area contributed by atoms with Crippen molar-refractivity contribution in [2.75, 3.05) is 31.1 Å². The molecular formula is C22H23N3O2S2. The van der Waals surface area contributed by atoms with Crippen LogP contribution in [0.1, 0.15) is 21.1 Å². The molecule has 150 valence electrons. The second-order valence-corrected chi connectivity index (χ2v) is 8.99. The molecule has 1 aliphatic rings. The Morgan fingerprint density at radius 3 is 2.55 bits per heavy atom. The summed E-state index contributed by atoms with van der Waals surface area (Å²) in [5.74, 6) is 1.11. The van der Waals surface area contributed by atoms with Crippen molar-refractivity contribution in [2.45, 2.75) is 17.6 Å². The first-order chi connectivity index (χ1) is 14.1. The lowest BCUT2D eigenvalue weighted by molar-refractivity contribution is 0.0743. The van der Waals surface area contributed by atoms with Gasteiger partial charge in [0.1, 0.15) is 5.75 Å². The summed E-state index contributed by atoms with van der Waals surface area (Å²) in [5.41, 5.74) is 2.63. The van der Waals surface area contributed by atoms with Gasteiger partial charge in [0.25, 0.3) is 5.91 Å². The minimum absolute atomic E-state index is 0.0690. The van der Waals surface area contributed by atoms with E-state index in [0.29, 0.717) is 26.2 Å². The summed E-state index contributed by atoms with van der Waals surface area (Å²) < 4.78 is 0. The number of aryl methyl sites for hydroxylation is 1. The van der Waals surface area contributed by atoms with E-state index in [1.165, 1.54) is 0 Å². The number of piperazine rings is 1. The van der Waals surface area contributed by atoms with Crippen LogP contribution in [-0.2, 0) is 5.75 Å². The molecule has 3 aromatic rings. The number of hydrogen-bond acceptors (Lipinski definition) is 6. The predicted octanol–water partition coefficient (Wildman–Crippen LogP) is 4.41. The van der Waals surface area contributed by atoms with Crippen LogP contribution in [0.15, 0.2) is 58.8 Å². The average molecular weight is 426 g/mol. The lowest BCUT2D eigenvalue weighted by atomic mass is 10.1. The van der Waals surface area contributed by atoms with Crippen molar-refractivity contribution in [2.24, 2.45) is 0 Å². The molecule has 1 N–H and O–H groups in total. The van der Waals surface area contributed by atoms with Gasteiger partial charge in [-0.15, -0.1) is 23.1 Å². The van der Waals surface area contributed by atoms with E-state index in [9.17, 15) is 9.90 Å². The number of para-hydroxylation sites is 2. The molecule has 4 rings (SSSR count). The summed E-state index contributed by atoms with van der Waals surface area (Å²) in [5, 5.41) is 13.2. The molecule has 0 spiro atoms. The first kappa shape index (κ1) is 19.8. The van der Waals surface area contributed by atoms with Gasteiger partial charge in [-0.05, 0) is 31.2 Å². The fourth-order valence-electron chi connectivity index (χ4n) is 3.45.